The van der Waals surface area contributed by atoms with Gasteiger partial charge in [-0.05, 0) is 43.6 Å². The van der Waals surface area contributed by atoms with Crippen molar-refractivity contribution in [1.82, 2.24) is 10.2 Å². The third-order valence-corrected chi connectivity index (χ3v) is 5.83. The number of carbonyl (C=O) groups is 3. The van der Waals surface area contributed by atoms with E-state index in [9.17, 15) is 14.4 Å². The van der Waals surface area contributed by atoms with Gasteiger partial charge in [-0.1, -0.05) is 57.5 Å². The molecule has 1 aromatic carbocycles. The van der Waals surface area contributed by atoms with E-state index >= 15 is 0 Å². The summed E-state index contributed by atoms with van der Waals surface area (Å²) in [4.78, 5) is 40.3. The van der Waals surface area contributed by atoms with Gasteiger partial charge in [0.2, 0.25) is 17.7 Å². The molecule has 0 bridgehead atoms. The summed E-state index contributed by atoms with van der Waals surface area (Å²) >= 11 is 0. The van der Waals surface area contributed by atoms with Crippen molar-refractivity contribution in [3.8, 4) is 0 Å². The van der Waals surface area contributed by atoms with Gasteiger partial charge < -0.3 is 16.0 Å². The number of rotatable bonds is 10. The van der Waals surface area contributed by atoms with Crippen LogP contribution in [0.5, 0.6) is 0 Å². The van der Waals surface area contributed by atoms with Crippen molar-refractivity contribution in [2.75, 3.05) is 6.54 Å². The Morgan fingerprint density at radius 1 is 1.17 bits per heavy atom. The highest BCUT2D eigenvalue weighted by Crippen LogP contribution is 2.26. The van der Waals surface area contributed by atoms with E-state index in [1.165, 1.54) is 0 Å². The Morgan fingerprint density at radius 2 is 1.87 bits per heavy atom. The molecule has 0 aliphatic carbocycles. The molecule has 0 spiro atoms. The third-order valence-electron chi connectivity index (χ3n) is 5.83. The van der Waals surface area contributed by atoms with E-state index in [0.29, 0.717) is 32.4 Å². The predicted molar refractivity (Wildman–Crippen MR) is 118 cm³/mol. The minimum Gasteiger partial charge on any atom is -0.369 e. The number of nitrogens with two attached hydrogens (primary N) is 1. The number of benzene rings is 1. The number of nitrogens with zero attached hydrogens (tertiary/aromatic N) is 1. The molecule has 2 rings (SSSR count). The highest BCUT2D eigenvalue weighted by Gasteiger charge is 2.35. The van der Waals surface area contributed by atoms with Gasteiger partial charge in [-0.15, -0.1) is 0 Å². The van der Waals surface area contributed by atoms with Crippen LogP contribution in [-0.4, -0.2) is 35.2 Å². The third kappa shape index (κ3) is 6.85. The normalized spacial score (nSPS) is 19.3. The molecule has 1 aliphatic rings. The van der Waals surface area contributed by atoms with Crippen LogP contribution in [0.4, 0.5) is 0 Å². The van der Waals surface area contributed by atoms with Gasteiger partial charge in [-0.25, -0.2) is 0 Å². The molecule has 1 saturated heterocycles. The standard InChI is InChI=1S/C24H37N3O3/c1-4-10-19(22(25)28)20(15-17(2)3)23(29)26-21-13-8-9-14-27(24(21)30)16-18-11-6-5-7-12-18/h5-7,11-12,17,19-21H,4,8-10,13-16H2,1-3H3,(H2,25,28)(H,26,29)/t19?,20?,21-/m0/s1. The van der Waals surface area contributed by atoms with Crippen LogP contribution < -0.4 is 11.1 Å². The Bertz CT molecular complexity index is 705. The Labute approximate surface area is 180 Å². The zero-order valence-electron chi connectivity index (χ0n) is 18.6. The zero-order chi connectivity index (χ0) is 22.1. The maximum atomic E-state index is 13.2. The van der Waals surface area contributed by atoms with E-state index in [2.05, 4.69) is 5.32 Å². The fraction of sp³-hybridized carbons (Fsp3) is 0.625. The van der Waals surface area contributed by atoms with Gasteiger partial charge in [-0.3, -0.25) is 14.4 Å². The highest BCUT2D eigenvalue weighted by molar-refractivity contribution is 5.91. The smallest absolute Gasteiger partial charge is 0.245 e. The molecule has 166 valence electrons. The lowest BCUT2D eigenvalue weighted by Gasteiger charge is -2.29. The number of primary amides is 1. The van der Waals surface area contributed by atoms with Gasteiger partial charge in [0.05, 0.1) is 0 Å². The summed E-state index contributed by atoms with van der Waals surface area (Å²) in [5.41, 5.74) is 6.71. The second-order valence-electron chi connectivity index (χ2n) is 8.84. The molecule has 0 radical (unpaired) electrons. The molecule has 1 aromatic rings. The van der Waals surface area contributed by atoms with Crippen LogP contribution in [0.15, 0.2) is 30.3 Å². The Hall–Kier alpha value is -2.37. The number of nitrogens with one attached hydrogen (secondary N) is 1. The van der Waals surface area contributed by atoms with Crippen molar-refractivity contribution in [1.29, 1.82) is 0 Å². The van der Waals surface area contributed by atoms with E-state index in [-0.39, 0.29) is 17.7 Å². The molecular formula is C24H37N3O3. The maximum absolute atomic E-state index is 13.2. The summed E-state index contributed by atoms with van der Waals surface area (Å²) in [7, 11) is 0. The average Bonchev–Trinajstić information content (AvgIpc) is 2.87. The van der Waals surface area contributed by atoms with Crippen molar-refractivity contribution in [3.05, 3.63) is 35.9 Å². The molecule has 1 heterocycles. The fourth-order valence-electron chi connectivity index (χ4n) is 4.29. The van der Waals surface area contributed by atoms with Crippen LogP contribution in [0.3, 0.4) is 0 Å². The van der Waals surface area contributed by atoms with E-state index in [0.717, 1.165) is 24.8 Å². The summed E-state index contributed by atoms with van der Waals surface area (Å²) in [5, 5.41) is 2.99. The van der Waals surface area contributed by atoms with Crippen molar-refractivity contribution < 1.29 is 14.4 Å². The fourth-order valence-corrected chi connectivity index (χ4v) is 4.29. The minimum atomic E-state index is -0.548. The Morgan fingerprint density at radius 3 is 2.47 bits per heavy atom. The van der Waals surface area contributed by atoms with E-state index in [4.69, 9.17) is 5.73 Å². The summed E-state index contributed by atoms with van der Waals surface area (Å²) < 4.78 is 0. The maximum Gasteiger partial charge on any atom is 0.245 e. The van der Waals surface area contributed by atoms with Gasteiger partial charge in [0.15, 0.2) is 0 Å². The summed E-state index contributed by atoms with van der Waals surface area (Å²) in [6, 6.07) is 9.35. The number of carbonyl (C=O) groups excluding carboxylic acids is 3. The predicted octanol–water partition coefficient (Wildman–Crippen LogP) is 3.25. The first kappa shape index (κ1) is 23.9. The molecule has 6 heteroatoms. The van der Waals surface area contributed by atoms with E-state index in [1.54, 1.807) is 0 Å². The first-order valence-corrected chi connectivity index (χ1v) is 11.3. The van der Waals surface area contributed by atoms with Crippen molar-refractivity contribution in [2.45, 2.75) is 71.9 Å². The minimum absolute atomic E-state index is 0.0425. The van der Waals surface area contributed by atoms with Crippen molar-refractivity contribution >= 4 is 17.7 Å². The van der Waals surface area contributed by atoms with Crippen molar-refractivity contribution in [2.24, 2.45) is 23.5 Å². The van der Waals surface area contributed by atoms with Crippen LogP contribution in [0.25, 0.3) is 0 Å². The summed E-state index contributed by atoms with van der Waals surface area (Å²) in [6.07, 6.45) is 4.36. The molecule has 3 amide bonds. The lowest BCUT2D eigenvalue weighted by molar-refractivity contribution is -0.139. The van der Waals surface area contributed by atoms with Gasteiger partial charge >= 0.3 is 0 Å². The molecule has 3 atom stereocenters. The van der Waals surface area contributed by atoms with Gasteiger partial charge in [0, 0.05) is 24.9 Å². The number of likely N-dealkylation sites (tertiary alicyclic amines) is 1. The summed E-state index contributed by atoms with van der Waals surface area (Å²) in [5.74, 6) is -1.45. The van der Waals surface area contributed by atoms with Crippen molar-refractivity contribution in [3.63, 3.8) is 0 Å². The molecule has 30 heavy (non-hydrogen) atoms. The molecule has 1 aliphatic heterocycles. The number of amides is 3. The SMILES string of the molecule is CCCC(C(N)=O)C(CC(C)C)C(=O)N[C@H]1CCCCN(Cc2ccccc2)C1=O. The first-order chi connectivity index (χ1) is 14.3. The second-order valence-corrected chi connectivity index (χ2v) is 8.84. The molecule has 1 fully saturated rings. The molecule has 6 nitrogen and oxygen atoms in total. The summed E-state index contributed by atoms with van der Waals surface area (Å²) in [6.45, 7) is 7.28. The number of hydrogen-bond acceptors (Lipinski definition) is 3. The van der Waals surface area contributed by atoms with Gasteiger partial charge in [-0.2, -0.15) is 0 Å². The van der Waals surface area contributed by atoms with Gasteiger partial charge in [0.25, 0.3) is 0 Å². The molecule has 0 saturated carbocycles. The van der Waals surface area contributed by atoms with Gasteiger partial charge in [0.1, 0.15) is 6.04 Å². The second kappa shape index (κ2) is 11.7. The molecule has 0 aromatic heterocycles. The highest BCUT2D eigenvalue weighted by atomic mass is 16.2. The Kier molecular flexibility index (Phi) is 9.34. The molecular weight excluding hydrogens is 378 g/mol. The molecule has 2 unspecified atom stereocenters. The first-order valence-electron chi connectivity index (χ1n) is 11.3. The lowest BCUT2D eigenvalue weighted by atomic mass is 9.81. The monoisotopic (exact) mass is 415 g/mol. The van der Waals surface area contributed by atoms with E-state index in [1.807, 2.05) is 56.0 Å². The van der Waals surface area contributed by atoms with Crippen LogP contribution in [0.1, 0.15) is 64.9 Å². The largest absolute Gasteiger partial charge is 0.369 e. The van der Waals surface area contributed by atoms with Crippen LogP contribution in [-0.2, 0) is 20.9 Å². The van der Waals surface area contributed by atoms with Crippen LogP contribution >= 0.6 is 0 Å². The van der Waals surface area contributed by atoms with E-state index < -0.39 is 23.8 Å². The quantitative estimate of drug-likeness (QED) is 0.614. The number of hydrogen-bond donors (Lipinski definition) is 2. The lowest BCUT2D eigenvalue weighted by Crippen LogP contribution is -2.50. The molecule has 3 N–H and O–H groups in total. The zero-order valence-corrected chi connectivity index (χ0v) is 18.6. The van der Waals surface area contributed by atoms with Crippen LogP contribution in [0, 0.1) is 17.8 Å². The Balaban J connectivity index is 2.13. The topological polar surface area (TPSA) is 92.5 Å². The average molecular weight is 416 g/mol. The van der Waals surface area contributed by atoms with Crippen LogP contribution in [0.2, 0.25) is 0 Å².